The van der Waals surface area contributed by atoms with E-state index >= 15 is 0 Å². The topological polar surface area (TPSA) is 111 Å². The van der Waals surface area contributed by atoms with Crippen molar-refractivity contribution in [1.82, 2.24) is 25.5 Å². The number of carbonyl (C=O) groups is 1. The lowest BCUT2D eigenvalue weighted by atomic mass is 10.1. The summed E-state index contributed by atoms with van der Waals surface area (Å²) in [5, 5.41) is 23.5. The molecule has 3 aromatic rings. The fraction of sp³-hybridized carbons (Fsp3) is 0.263. The van der Waals surface area contributed by atoms with Crippen LogP contribution in [0.15, 0.2) is 42.7 Å². The Hall–Kier alpha value is -3.38. The number of aromatic nitrogens is 4. The summed E-state index contributed by atoms with van der Waals surface area (Å²) in [4.78, 5) is 12.5. The quantitative estimate of drug-likeness (QED) is 0.519. The molecule has 1 unspecified atom stereocenters. The zero-order chi connectivity index (χ0) is 23.3. The van der Waals surface area contributed by atoms with Gasteiger partial charge in [-0.1, -0.05) is 17.7 Å². The highest BCUT2D eigenvalue weighted by Crippen LogP contribution is 2.31. The molecular formula is C19H17ClF3N5O4. The number of nitrogens with one attached hydrogen (secondary N) is 1. The number of ether oxygens (including phenoxy) is 2. The largest absolute Gasteiger partial charge is 0.496 e. The number of aliphatic hydroxyl groups excluding tert-OH is 1. The summed E-state index contributed by atoms with van der Waals surface area (Å²) >= 11 is 6.22. The van der Waals surface area contributed by atoms with E-state index in [1.807, 2.05) is 0 Å². The van der Waals surface area contributed by atoms with Crippen LogP contribution in [-0.2, 0) is 6.18 Å². The Morgan fingerprint density at radius 1 is 1.31 bits per heavy atom. The van der Waals surface area contributed by atoms with Crippen LogP contribution in [-0.4, -0.2) is 57.6 Å². The van der Waals surface area contributed by atoms with E-state index in [1.165, 1.54) is 42.4 Å². The lowest BCUT2D eigenvalue weighted by Crippen LogP contribution is -2.35. The molecule has 0 aliphatic rings. The second-order valence-corrected chi connectivity index (χ2v) is 6.87. The maximum Gasteiger partial charge on any atom is 0.416 e. The molecule has 0 spiro atoms. The van der Waals surface area contributed by atoms with Gasteiger partial charge in [-0.25, -0.2) is 0 Å². The van der Waals surface area contributed by atoms with Crippen LogP contribution >= 0.6 is 11.6 Å². The van der Waals surface area contributed by atoms with Crippen LogP contribution in [0.3, 0.4) is 0 Å². The molecule has 32 heavy (non-hydrogen) atoms. The summed E-state index contributed by atoms with van der Waals surface area (Å²) < 4.78 is 50.0. The summed E-state index contributed by atoms with van der Waals surface area (Å²) in [6, 6.07) is 7.09. The van der Waals surface area contributed by atoms with Crippen molar-refractivity contribution in [2.45, 2.75) is 12.3 Å². The Morgan fingerprint density at radius 2 is 2.09 bits per heavy atom. The van der Waals surface area contributed by atoms with Crippen LogP contribution in [0.4, 0.5) is 13.2 Å². The highest BCUT2D eigenvalue weighted by Gasteiger charge is 2.30. The molecule has 0 radical (unpaired) electrons. The monoisotopic (exact) mass is 471 g/mol. The van der Waals surface area contributed by atoms with Crippen molar-refractivity contribution in [3.05, 3.63) is 58.9 Å². The third-order valence-electron chi connectivity index (χ3n) is 4.21. The second kappa shape index (κ2) is 9.83. The highest BCUT2D eigenvalue weighted by molar-refractivity contribution is 6.33. The van der Waals surface area contributed by atoms with Crippen molar-refractivity contribution in [1.29, 1.82) is 0 Å². The molecule has 0 aliphatic heterocycles. The smallest absolute Gasteiger partial charge is 0.416 e. The first-order valence-corrected chi connectivity index (χ1v) is 9.44. The first-order chi connectivity index (χ1) is 15.2. The highest BCUT2D eigenvalue weighted by atomic mass is 35.5. The van der Waals surface area contributed by atoms with Crippen LogP contribution < -0.4 is 14.8 Å². The molecule has 0 saturated heterocycles. The van der Waals surface area contributed by atoms with E-state index in [4.69, 9.17) is 21.1 Å². The summed E-state index contributed by atoms with van der Waals surface area (Å²) in [6.45, 7) is -0.564. The molecule has 0 saturated carbocycles. The van der Waals surface area contributed by atoms with Crippen LogP contribution in [0, 0.1) is 0 Å². The molecular weight excluding hydrogens is 455 g/mol. The number of amides is 1. The van der Waals surface area contributed by atoms with Gasteiger partial charge in [0.2, 0.25) is 0 Å². The van der Waals surface area contributed by atoms with E-state index in [1.54, 1.807) is 0 Å². The lowest BCUT2D eigenvalue weighted by molar-refractivity contribution is -0.137. The molecule has 1 aromatic heterocycles. The minimum absolute atomic E-state index is 0.0585. The minimum Gasteiger partial charge on any atom is -0.496 e. The van der Waals surface area contributed by atoms with Gasteiger partial charge in [-0.05, 0) is 34.7 Å². The predicted octanol–water partition coefficient (Wildman–Crippen LogP) is 2.51. The Morgan fingerprint density at radius 3 is 2.75 bits per heavy atom. The van der Waals surface area contributed by atoms with Crippen molar-refractivity contribution < 1.29 is 32.5 Å². The molecule has 13 heteroatoms. The summed E-state index contributed by atoms with van der Waals surface area (Å²) in [5.41, 5.74) is -0.383. The average molecular weight is 472 g/mol. The first-order valence-electron chi connectivity index (χ1n) is 9.06. The van der Waals surface area contributed by atoms with E-state index in [0.717, 1.165) is 12.1 Å². The second-order valence-electron chi connectivity index (χ2n) is 6.46. The number of alkyl halides is 3. The predicted molar refractivity (Wildman–Crippen MR) is 106 cm³/mol. The first kappa shape index (κ1) is 23.3. The average Bonchev–Trinajstić information content (AvgIpc) is 3.30. The Labute approximate surface area is 184 Å². The van der Waals surface area contributed by atoms with Gasteiger partial charge in [0, 0.05) is 12.6 Å². The lowest BCUT2D eigenvalue weighted by Gasteiger charge is -2.16. The van der Waals surface area contributed by atoms with Gasteiger partial charge in [-0.2, -0.15) is 17.9 Å². The van der Waals surface area contributed by atoms with Crippen LogP contribution in [0.5, 0.6) is 11.5 Å². The number of nitrogens with zero attached hydrogens (tertiary/aromatic N) is 4. The molecule has 0 aliphatic carbocycles. The van der Waals surface area contributed by atoms with Crippen molar-refractivity contribution in [2.24, 2.45) is 0 Å². The maximum atomic E-state index is 12.7. The minimum atomic E-state index is -4.51. The molecule has 0 fully saturated rings. The van der Waals surface area contributed by atoms with Gasteiger partial charge in [-0.15, -0.1) is 5.10 Å². The maximum absolute atomic E-state index is 12.7. The van der Waals surface area contributed by atoms with E-state index in [2.05, 4.69) is 20.8 Å². The summed E-state index contributed by atoms with van der Waals surface area (Å²) in [6.07, 6.45) is -4.37. The molecule has 170 valence electrons. The van der Waals surface area contributed by atoms with E-state index in [-0.39, 0.29) is 35.2 Å². The molecule has 2 N–H and O–H groups in total. The molecule has 1 heterocycles. The third-order valence-corrected chi connectivity index (χ3v) is 4.51. The number of benzene rings is 2. The molecule has 9 nitrogen and oxygen atoms in total. The Balaban J connectivity index is 1.60. The van der Waals surface area contributed by atoms with Crippen molar-refractivity contribution in [3.8, 4) is 17.2 Å². The van der Waals surface area contributed by atoms with Gasteiger partial charge < -0.3 is 19.9 Å². The molecule has 2 aromatic carbocycles. The number of methoxy groups -OCH3 is 1. The van der Waals surface area contributed by atoms with E-state index in [0.29, 0.717) is 5.69 Å². The van der Waals surface area contributed by atoms with Crippen LogP contribution in [0.2, 0.25) is 5.02 Å². The molecule has 1 amide bonds. The fourth-order valence-corrected chi connectivity index (χ4v) is 2.91. The number of carbonyl (C=O) groups excluding carboxylic acids is 1. The number of tetrazole rings is 1. The van der Waals surface area contributed by atoms with E-state index < -0.39 is 23.8 Å². The normalized spacial score (nSPS) is 12.3. The molecule has 1 atom stereocenters. The molecule has 3 rings (SSSR count). The number of hydrogen-bond acceptors (Lipinski definition) is 7. The number of aliphatic hydroxyl groups is 1. The summed E-state index contributed by atoms with van der Waals surface area (Å²) in [7, 11) is 1.36. The number of halogens is 4. The fourth-order valence-electron chi connectivity index (χ4n) is 2.66. The van der Waals surface area contributed by atoms with Gasteiger partial charge >= 0.3 is 6.18 Å². The van der Waals surface area contributed by atoms with E-state index in [9.17, 15) is 23.1 Å². The van der Waals surface area contributed by atoms with Crippen LogP contribution in [0.25, 0.3) is 5.69 Å². The van der Waals surface area contributed by atoms with Gasteiger partial charge in [0.15, 0.2) is 0 Å². The Bertz CT molecular complexity index is 1080. The van der Waals surface area contributed by atoms with Gasteiger partial charge in [0.1, 0.15) is 30.5 Å². The SMILES string of the molecule is COc1cc(-n2cnnn2)c(Cl)cc1C(=O)NCC(O)COc1cccc(C(F)(F)F)c1. The third kappa shape index (κ3) is 5.65. The standard InChI is InChI=1S/C19H17ClF3N5O4/c1-31-17-7-16(28-10-25-26-27-28)15(20)6-14(17)18(30)24-8-12(29)9-32-13-4-2-3-11(5-13)19(21,22)23/h2-7,10,12,29H,8-9H2,1H3,(H,24,30). The van der Waals surface area contributed by atoms with Gasteiger partial charge in [-0.3, -0.25) is 4.79 Å². The van der Waals surface area contributed by atoms with Crippen molar-refractivity contribution in [2.75, 3.05) is 20.3 Å². The molecule has 0 bridgehead atoms. The summed E-state index contributed by atoms with van der Waals surface area (Å²) in [5.74, 6) is -0.464. The number of hydrogen-bond donors (Lipinski definition) is 2. The number of rotatable bonds is 8. The zero-order valence-electron chi connectivity index (χ0n) is 16.5. The van der Waals surface area contributed by atoms with Crippen molar-refractivity contribution >= 4 is 17.5 Å². The van der Waals surface area contributed by atoms with Gasteiger partial charge in [0.05, 0.1) is 28.9 Å². The van der Waals surface area contributed by atoms with Gasteiger partial charge in [0.25, 0.3) is 5.91 Å². The zero-order valence-corrected chi connectivity index (χ0v) is 17.3. The Kier molecular flexibility index (Phi) is 7.15. The van der Waals surface area contributed by atoms with Crippen LogP contribution in [0.1, 0.15) is 15.9 Å². The van der Waals surface area contributed by atoms with Crippen molar-refractivity contribution in [3.63, 3.8) is 0 Å².